The number of pyridine rings is 1. The van der Waals surface area contributed by atoms with Gasteiger partial charge in [0.15, 0.2) is 0 Å². The van der Waals surface area contributed by atoms with E-state index in [0.29, 0.717) is 11.4 Å². The monoisotopic (exact) mass is 279 g/mol. The number of methoxy groups -OCH3 is 2. The van der Waals surface area contributed by atoms with Crippen LogP contribution < -0.4 is 9.47 Å². The number of nitrogens with one attached hydrogen (secondary N) is 1. The van der Waals surface area contributed by atoms with Crippen molar-refractivity contribution in [1.29, 1.82) is 5.26 Å². The summed E-state index contributed by atoms with van der Waals surface area (Å²) in [6.45, 7) is 0. The van der Waals surface area contributed by atoms with E-state index in [1.165, 1.54) is 7.11 Å². The Kier molecular flexibility index (Phi) is 3.20. The first kappa shape index (κ1) is 13.0. The van der Waals surface area contributed by atoms with Gasteiger partial charge in [-0.05, 0) is 30.3 Å². The average molecular weight is 279 g/mol. The minimum Gasteiger partial charge on any atom is -0.497 e. The van der Waals surface area contributed by atoms with Crippen molar-refractivity contribution in [2.45, 2.75) is 0 Å². The Bertz CT molecular complexity index is 846. The van der Waals surface area contributed by atoms with Crippen LogP contribution >= 0.6 is 0 Å². The van der Waals surface area contributed by atoms with Crippen molar-refractivity contribution in [2.24, 2.45) is 0 Å². The van der Waals surface area contributed by atoms with E-state index in [1.807, 2.05) is 24.3 Å². The number of H-pyrrole nitrogens is 1. The standard InChI is InChI=1S/C16H13N3O2/c1-20-11-3-4-14-10(7-11)8-15(19-14)12-5-6-18-16(21-2)13(12)9-17/h3-8,19H,1-2H3. The number of aromatic amines is 1. The van der Waals surface area contributed by atoms with Crippen LogP contribution in [0.5, 0.6) is 11.6 Å². The number of fused-ring (bicyclic) bond motifs is 1. The maximum Gasteiger partial charge on any atom is 0.232 e. The number of hydrogen-bond acceptors (Lipinski definition) is 4. The van der Waals surface area contributed by atoms with E-state index in [2.05, 4.69) is 16.0 Å². The third-order valence-electron chi connectivity index (χ3n) is 3.34. The summed E-state index contributed by atoms with van der Waals surface area (Å²) in [6.07, 6.45) is 1.63. The molecule has 0 aliphatic heterocycles. The Morgan fingerprint density at radius 3 is 2.71 bits per heavy atom. The number of hydrogen-bond donors (Lipinski definition) is 1. The SMILES string of the molecule is COc1ccc2[nH]c(-c3ccnc(OC)c3C#N)cc2c1. The van der Waals surface area contributed by atoms with Crippen LogP contribution in [-0.4, -0.2) is 24.2 Å². The van der Waals surface area contributed by atoms with Gasteiger partial charge in [-0.1, -0.05) is 0 Å². The molecular formula is C16H13N3O2. The molecule has 5 nitrogen and oxygen atoms in total. The van der Waals surface area contributed by atoms with Gasteiger partial charge in [-0.15, -0.1) is 0 Å². The zero-order valence-corrected chi connectivity index (χ0v) is 11.7. The number of ether oxygens (including phenoxy) is 2. The second-order valence-electron chi connectivity index (χ2n) is 4.49. The second kappa shape index (κ2) is 5.17. The number of nitrogens with zero attached hydrogens (tertiary/aromatic N) is 2. The molecule has 5 heteroatoms. The van der Waals surface area contributed by atoms with E-state index < -0.39 is 0 Å². The van der Waals surface area contributed by atoms with Crippen LogP contribution in [0.4, 0.5) is 0 Å². The minimum atomic E-state index is 0.325. The van der Waals surface area contributed by atoms with E-state index in [4.69, 9.17) is 9.47 Å². The van der Waals surface area contributed by atoms with Crippen LogP contribution in [0.25, 0.3) is 22.2 Å². The van der Waals surface area contributed by atoms with Crippen LogP contribution in [0.2, 0.25) is 0 Å². The zero-order chi connectivity index (χ0) is 14.8. The topological polar surface area (TPSA) is 70.9 Å². The van der Waals surface area contributed by atoms with Gasteiger partial charge in [0.1, 0.15) is 17.4 Å². The summed E-state index contributed by atoms with van der Waals surface area (Å²) in [6, 6.07) is 11.7. The second-order valence-corrected chi connectivity index (χ2v) is 4.49. The summed E-state index contributed by atoms with van der Waals surface area (Å²) >= 11 is 0. The van der Waals surface area contributed by atoms with Gasteiger partial charge < -0.3 is 14.5 Å². The van der Waals surface area contributed by atoms with E-state index in [9.17, 15) is 5.26 Å². The molecule has 2 heterocycles. The Hall–Kier alpha value is -3.00. The molecule has 0 aliphatic rings. The quantitative estimate of drug-likeness (QED) is 0.799. The average Bonchev–Trinajstić information content (AvgIpc) is 2.96. The lowest BCUT2D eigenvalue weighted by Gasteiger charge is -2.05. The minimum absolute atomic E-state index is 0.325. The summed E-state index contributed by atoms with van der Waals surface area (Å²) in [5, 5.41) is 10.4. The van der Waals surface area contributed by atoms with Crippen LogP contribution in [0, 0.1) is 11.3 Å². The van der Waals surface area contributed by atoms with E-state index in [0.717, 1.165) is 27.9 Å². The fourth-order valence-corrected chi connectivity index (χ4v) is 2.31. The molecule has 1 N–H and O–H groups in total. The molecule has 0 saturated heterocycles. The molecule has 0 bridgehead atoms. The molecule has 0 aliphatic carbocycles. The lowest BCUT2D eigenvalue weighted by atomic mass is 10.1. The van der Waals surface area contributed by atoms with Crippen molar-refractivity contribution in [3.8, 4) is 29.0 Å². The Morgan fingerprint density at radius 1 is 1.14 bits per heavy atom. The molecule has 0 saturated carbocycles. The Morgan fingerprint density at radius 2 is 2.00 bits per heavy atom. The van der Waals surface area contributed by atoms with Crippen molar-refractivity contribution in [3.05, 3.63) is 42.1 Å². The summed E-state index contributed by atoms with van der Waals surface area (Å²) in [5.74, 6) is 1.12. The number of aromatic nitrogens is 2. The highest BCUT2D eigenvalue weighted by molar-refractivity contribution is 5.88. The summed E-state index contributed by atoms with van der Waals surface area (Å²) in [4.78, 5) is 7.36. The molecular weight excluding hydrogens is 266 g/mol. The van der Waals surface area contributed by atoms with Gasteiger partial charge in [0.05, 0.1) is 14.2 Å². The molecule has 0 fully saturated rings. The molecule has 3 rings (SSSR count). The molecule has 0 atom stereocenters. The largest absolute Gasteiger partial charge is 0.497 e. The van der Waals surface area contributed by atoms with Gasteiger partial charge in [0.2, 0.25) is 5.88 Å². The fraction of sp³-hybridized carbons (Fsp3) is 0.125. The van der Waals surface area contributed by atoms with Crippen LogP contribution in [0.1, 0.15) is 5.56 Å². The fourth-order valence-electron chi connectivity index (χ4n) is 2.31. The maximum atomic E-state index is 9.34. The van der Waals surface area contributed by atoms with Crippen molar-refractivity contribution in [3.63, 3.8) is 0 Å². The summed E-state index contributed by atoms with van der Waals surface area (Å²) < 4.78 is 10.4. The third kappa shape index (κ3) is 2.17. The molecule has 0 amide bonds. The lowest BCUT2D eigenvalue weighted by Crippen LogP contribution is -1.94. The van der Waals surface area contributed by atoms with Gasteiger partial charge in [0.25, 0.3) is 0 Å². The van der Waals surface area contributed by atoms with Crippen molar-refractivity contribution in [2.75, 3.05) is 14.2 Å². The molecule has 1 aromatic carbocycles. The van der Waals surface area contributed by atoms with E-state index >= 15 is 0 Å². The van der Waals surface area contributed by atoms with E-state index in [1.54, 1.807) is 19.4 Å². The first-order valence-electron chi connectivity index (χ1n) is 6.37. The first-order chi connectivity index (χ1) is 10.3. The normalized spacial score (nSPS) is 10.3. The van der Waals surface area contributed by atoms with Crippen LogP contribution in [-0.2, 0) is 0 Å². The predicted octanol–water partition coefficient (Wildman–Crippen LogP) is 3.12. The highest BCUT2D eigenvalue weighted by Gasteiger charge is 2.13. The molecule has 21 heavy (non-hydrogen) atoms. The first-order valence-corrected chi connectivity index (χ1v) is 6.37. The molecule has 0 radical (unpaired) electrons. The number of benzene rings is 1. The van der Waals surface area contributed by atoms with Gasteiger partial charge >= 0.3 is 0 Å². The number of rotatable bonds is 3. The van der Waals surface area contributed by atoms with Crippen LogP contribution in [0.3, 0.4) is 0 Å². The lowest BCUT2D eigenvalue weighted by molar-refractivity contribution is 0.396. The molecule has 0 spiro atoms. The van der Waals surface area contributed by atoms with Crippen molar-refractivity contribution in [1.82, 2.24) is 9.97 Å². The highest BCUT2D eigenvalue weighted by atomic mass is 16.5. The van der Waals surface area contributed by atoms with Gasteiger partial charge in [-0.3, -0.25) is 0 Å². The Labute approximate surface area is 121 Å². The van der Waals surface area contributed by atoms with Gasteiger partial charge in [-0.25, -0.2) is 4.98 Å². The Balaban J connectivity index is 2.19. The predicted molar refractivity (Wildman–Crippen MR) is 79.3 cm³/mol. The van der Waals surface area contributed by atoms with Crippen LogP contribution in [0.15, 0.2) is 36.5 Å². The van der Waals surface area contributed by atoms with Crippen molar-refractivity contribution >= 4 is 10.9 Å². The number of nitriles is 1. The van der Waals surface area contributed by atoms with Crippen molar-refractivity contribution < 1.29 is 9.47 Å². The molecule has 3 aromatic rings. The molecule has 104 valence electrons. The molecule has 2 aromatic heterocycles. The summed E-state index contributed by atoms with van der Waals surface area (Å²) in [7, 11) is 3.14. The van der Waals surface area contributed by atoms with E-state index in [-0.39, 0.29) is 0 Å². The third-order valence-corrected chi connectivity index (χ3v) is 3.34. The molecule has 0 unspecified atom stereocenters. The maximum absolute atomic E-state index is 9.34. The summed E-state index contributed by atoms with van der Waals surface area (Å²) in [5.41, 5.74) is 3.00. The zero-order valence-electron chi connectivity index (χ0n) is 11.7. The highest BCUT2D eigenvalue weighted by Crippen LogP contribution is 2.31. The van der Waals surface area contributed by atoms with Gasteiger partial charge in [0, 0.05) is 28.4 Å². The smallest absolute Gasteiger partial charge is 0.232 e. The van der Waals surface area contributed by atoms with Gasteiger partial charge in [-0.2, -0.15) is 5.26 Å².